The summed E-state index contributed by atoms with van der Waals surface area (Å²) in [5.41, 5.74) is 2.43. The van der Waals surface area contributed by atoms with Crippen LogP contribution < -0.4 is 0 Å². The third kappa shape index (κ3) is 1.90. The lowest BCUT2D eigenvalue weighted by Crippen LogP contribution is -1.94. The summed E-state index contributed by atoms with van der Waals surface area (Å²) in [6, 6.07) is 9.47. The first-order chi connectivity index (χ1) is 8.43. The fourth-order valence-electron chi connectivity index (χ4n) is 1.51. The Kier molecular flexibility index (Phi) is 2.34. The van der Waals surface area contributed by atoms with Crippen molar-refractivity contribution in [1.29, 1.82) is 0 Å². The van der Waals surface area contributed by atoms with Crippen LogP contribution in [0.25, 0.3) is 17.1 Å². The quantitative estimate of drug-likeness (QED) is 0.663. The van der Waals surface area contributed by atoms with Gasteiger partial charge in [0.05, 0.1) is 23.8 Å². The van der Waals surface area contributed by atoms with Crippen LogP contribution in [0.2, 0.25) is 0 Å². The second-order valence-corrected chi connectivity index (χ2v) is 3.47. The first kappa shape index (κ1) is 9.65. The molecule has 0 atom stereocenters. The van der Waals surface area contributed by atoms with Crippen LogP contribution in [0.4, 0.5) is 0 Å². The van der Waals surface area contributed by atoms with Gasteiger partial charge in [0.15, 0.2) is 0 Å². The van der Waals surface area contributed by atoms with Crippen LogP contribution in [0, 0.1) is 0 Å². The Labute approximate surface area is 97.8 Å². The molecule has 0 saturated heterocycles. The summed E-state index contributed by atoms with van der Waals surface area (Å²) in [5, 5.41) is 8.13. The predicted molar refractivity (Wildman–Crippen MR) is 62.4 cm³/mol. The third-order valence-corrected chi connectivity index (χ3v) is 2.33. The molecule has 3 aromatic heterocycles. The standard InChI is InChI=1S/C12H9N5/c1-2-7-14-11(5-1)12-9-17(16-15-12)10-4-3-6-13-8-10/h1-9H. The minimum absolute atomic E-state index is 0.745. The van der Waals surface area contributed by atoms with E-state index < -0.39 is 0 Å². The van der Waals surface area contributed by atoms with E-state index in [2.05, 4.69) is 20.3 Å². The molecule has 0 bridgehead atoms. The Morgan fingerprint density at radius 2 is 1.94 bits per heavy atom. The second-order valence-electron chi connectivity index (χ2n) is 3.47. The maximum absolute atomic E-state index is 4.22. The van der Waals surface area contributed by atoms with Gasteiger partial charge in [-0.25, -0.2) is 4.68 Å². The Balaban J connectivity index is 1.99. The molecule has 5 heteroatoms. The Morgan fingerprint density at radius 3 is 2.71 bits per heavy atom. The summed E-state index contributed by atoms with van der Waals surface area (Å²) < 4.78 is 1.68. The van der Waals surface area contributed by atoms with Crippen molar-refractivity contribution in [3.05, 3.63) is 55.1 Å². The van der Waals surface area contributed by atoms with E-state index in [-0.39, 0.29) is 0 Å². The van der Waals surface area contributed by atoms with Crippen molar-refractivity contribution in [3.8, 4) is 17.1 Å². The molecule has 0 N–H and O–H groups in total. The average Bonchev–Trinajstić information content (AvgIpc) is 2.90. The van der Waals surface area contributed by atoms with E-state index in [1.807, 2.05) is 36.5 Å². The number of nitrogens with zero attached hydrogens (tertiary/aromatic N) is 5. The Bertz CT molecular complexity index is 549. The monoisotopic (exact) mass is 223 g/mol. The first-order valence-electron chi connectivity index (χ1n) is 5.17. The smallest absolute Gasteiger partial charge is 0.131 e. The summed E-state index contributed by atoms with van der Waals surface area (Å²) in [4.78, 5) is 8.26. The SMILES string of the molecule is c1ccc(-c2cn(-c3cccnc3)nn2)nc1. The molecule has 0 aliphatic carbocycles. The van der Waals surface area contributed by atoms with Crippen molar-refractivity contribution in [3.63, 3.8) is 0 Å². The molecule has 0 unspecified atom stereocenters. The fraction of sp³-hybridized carbons (Fsp3) is 0. The molecule has 5 nitrogen and oxygen atoms in total. The highest BCUT2D eigenvalue weighted by molar-refractivity contribution is 5.52. The number of hydrogen-bond donors (Lipinski definition) is 0. The molecule has 0 saturated carbocycles. The zero-order valence-corrected chi connectivity index (χ0v) is 8.93. The van der Waals surface area contributed by atoms with Crippen molar-refractivity contribution in [2.24, 2.45) is 0 Å². The van der Waals surface area contributed by atoms with Crippen LogP contribution in [0.5, 0.6) is 0 Å². The van der Waals surface area contributed by atoms with Crippen LogP contribution in [0.15, 0.2) is 55.1 Å². The number of aromatic nitrogens is 5. The van der Waals surface area contributed by atoms with E-state index in [9.17, 15) is 0 Å². The fourth-order valence-corrected chi connectivity index (χ4v) is 1.51. The van der Waals surface area contributed by atoms with Gasteiger partial charge in [0.2, 0.25) is 0 Å². The Morgan fingerprint density at radius 1 is 0.941 bits per heavy atom. The molecule has 0 aliphatic heterocycles. The van der Waals surface area contributed by atoms with Crippen molar-refractivity contribution in [2.75, 3.05) is 0 Å². The van der Waals surface area contributed by atoms with Crippen molar-refractivity contribution in [2.45, 2.75) is 0 Å². The van der Waals surface area contributed by atoms with Gasteiger partial charge in [-0.15, -0.1) is 5.10 Å². The minimum atomic E-state index is 0.745. The summed E-state index contributed by atoms with van der Waals surface area (Å²) in [5.74, 6) is 0. The maximum atomic E-state index is 4.22. The van der Waals surface area contributed by atoms with Gasteiger partial charge < -0.3 is 0 Å². The highest BCUT2D eigenvalue weighted by atomic mass is 15.4. The van der Waals surface area contributed by atoms with Crippen LogP contribution in [0.1, 0.15) is 0 Å². The largest absolute Gasteiger partial charge is 0.262 e. The van der Waals surface area contributed by atoms with Crippen LogP contribution >= 0.6 is 0 Å². The average molecular weight is 223 g/mol. The van der Waals surface area contributed by atoms with E-state index in [0.717, 1.165) is 17.1 Å². The summed E-state index contributed by atoms with van der Waals surface area (Å²) >= 11 is 0. The van der Waals surface area contributed by atoms with Gasteiger partial charge in [0.1, 0.15) is 5.69 Å². The topological polar surface area (TPSA) is 56.5 Å². The number of rotatable bonds is 2. The van der Waals surface area contributed by atoms with Gasteiger partial charge in [-0.3, -0.25) is 9.97 Å². The van der Waals surface area contributed by atoms with Crippen LogP contribution in [-0.2, 0) is 0 Å². The first-order valence-corrected chi connectivity index (χ1v) is 5.17. The second kappa shape index (κ2) is 4.13. The predicted octanol–water partition coefficient (Wildman–Crippen LogP) is 1.72. The molecule has 0 fully saturated rings. The van der Waals surface area contributed by atoms with E-state index in [0.29, 0.717) is 0 Å². The molecule has 3 rings (SSSR count). The summed E-state index contributed by atoms with van der Waals surface area (Å²) in [7, 11) is 0. The lowest BCUT2D eigenvalue weighted by molar-refractivity contribution is 0.800. The molecule has 0 aliphatic rings. The molecule has 0 aromatic carbocycles. The lowest BCUT2D eigenvalue weighted by Gasteiger charge is -1.96. The molecule has 0 amide bonds. The van der Waals surface area contributed by atoms with Gasteiger partial charge >= 0.3 is 0 Å². The van der Waals surface area contributed by atoms with Gasteiger partial charge in [-0.05, 0) is 24.3 Å². The normalized spacial score (nSPS) is 10.4. The van der Waals surface area contributed by atoms with E-state index in [1.54, 1.807) is 23.3 Å². The van der Waals surface area contributed by atoms with Gasteiger partial charge in [0, 0.05) is 12.4 Å². The number of hydrogen-bond acceptors (Lipinski definition) is 4. The highest BCUT2D eigenvalue weighted by Gasteiger charge is 2.05. The number of pyridine rings is 2. The molecule has 17 heavy (non-hydrogen) atoms. The molecule has 0 radical (unpaired) electrons. The van der Waals surface area contributed by atoms with Crippen molar-refractivity contribution in [1.82, 2.24) is 25.0 Å². The summed E-state index contributed by atoms with van der Waals surface area (Å²) in [6.45, 7) is 0. The highest BCUT2D eigenvalue weighted by Crippen LogP contribution is 2.13. The van der Waals surface area contributed by atoms with Crippen molar-refractivity contribution >= 4 is 0 Å². The van der Waals surface area contributed by atoms with Gasteiger partial charge in [-0.2, -0.15) is 0 Å². The van der Waals surface area contributed by atoms with E-state index in [4.69, 9.17) is 0 Å². The van der Waals surface area contributed by atoms with Crippen LogP contribution in [-0.4, -0.2) is 25.0 Å². The van der Waals surface area contributed by atoms with E-state index in [1.165, 1.54) is 0 Å². The van der Waals surface area contributed by atoms with Gasteiger partial charge in [0.25, 0.3) is 0 Å². The minimum Gasteiger partial charge on any atom is -0.262 e. The lowest BCUT2D eigenvalue weighted by atomic mass is 10.3. The molecule has 3 aromatic rings. The molecule has 82 valence electrons. The maximum Gasteiger partial charge on any atom is 0.131 e. The van der Waals surface area contributed by atoms with E-state index >= 15 is 0 Å². The molecule has 3 heterocycles. The third-order valence-electron chi connectivity index (χ3n) is 2.33. The van der Waals surface area contributed by atoms with Crippen molar-refractivity contribution < 1.29 is 0 Å². The zero-order valence-electron chi connectivity index (χ0n) is 8.93. The molecular formula is C12H9N5. The van der Waals surface area contributed by atoms with Gasteiger partial charge in [-0.1, -0.05) is 11.3 Å². The zero-order chi connectivity index (χ0) is 11.5. The Hall–Kier alpha value is -2.56. The summed E-state index contributed by atoms with van der Waals surface area (Å²) in [6.07, 6.45) is 7.02. The van der Waals surface area contributed by atoms with Crippen LogP contribution in [0.3, 0.4) is 0 Å². The molecule has 0 spiro atoms. The molecular weight excluding hydrogens is 214 g/mol.